The van der Waals surface area contributed by atoms with Gasteiger partial charge in [-0.05, 0) is 60.5 Å². The Balaban J connectivity index is 1.14. The van der Waals surface area contributed by atoms with E-state index in [1.54, 1.807) is 18.3 Å². The van der Waals surface area contributed by atoms with Crippen LogP contribution in [0.5, 0.6) is 0 Å². The Morgan fingerprint density at radius 3 is 2.70 bits per heavy atom. The fourth-order valence-electron chi connectivity index (χ4n) is 4.28. The number of nitrogens with one attached hydrogen (secondary N) is 3. The zero-order chi connectivity index (χ0) is 22.6. The number of carbonyl (C=O) groups excluding carboxylic acids is 2. The smallest absolute Gasteiger partial charge is 0.290 e. The van der Waals surface area contributed by atoms with Crippen molar-refractivity contribution >= 4 is 45.7 Å². The van der Waals surface area contributed by atoms with E-state index >= 15 is 0 Å². The quantitative estimate of drug-likeness (QED) is 0.476. The van der Waals surface area contributed by atoms with Gasteiger partial charge in [0.15, 0.2) is 0 Å². The van der Waals surface area contributed by atoms with Gasteiger partial charge in [0.1, 0.15) is 0 Å². The van der Waals surface area contributed by atoms with Gasteiger partial charge < -0.3 is 10.6 Å². The molecule has 1 aliphatic carbocycles. The lowest BCUT2D eigenvalue weighted by Gasteiger charge is -2.30. The normalized spacial score (nSPS) is 22.0. The Labute approximate surface area is 195 Å². The second-order valence-electron chi connectivity index (χ2n) is 8.25. The van der Waals surface area contributed by atoms with E-state index in [9.17, 15) is 9.59 Å². The van der Waals surface area contributed by atoms with Crippen molar-refractivity contribution < 1.29 is 9.59 Å². The number of benzene rings is 1. The largest absolute Gasteiger partial charge is 0.351 e. The first-order valence-corrected chi connectivity index (χ1v) is 11.8. The van der Waals surface area contributed by atoms with Crippen LogP contribution in [0.25, 0.3) is 16.8 Å². The van der Waals surface area contributed by atoms with Crippen LogP contribution < -0.4 is 16.0 Å². The summed E-state index contributed by atoms with van der Waals surface area (Å²) in [5, 5.41) is 11.4. The summed E-state index contributed by atoms with van der Waals surface area (Å²) in [6.07, 6.45) is 11.3. The first-order chi connectivity index (χ1) is 16.1. The van der Waals surface area contributed by atoms with E-state index < -0.39 is 0 Å². The van der Waals surface area contributed by atoms with Gasteiger partial charge in [-0.2, -0.15) is 0 Å². The highest BCUT2D eigenvalue weighted by Crippen LogP contribution is 2.26. The lowest BCUT2D eigenvalue weighted by Crippen LogP contribution is -2.37. The molecule has 2 aliphatic rings. The molecule has 9 heteroatoms. The van der Waals surface area contributed by atoms with Gasteiger partial charge in [0, 0.05) is 42.6 Å². The van der Waals surface area contributed by atoms with Gasteiger partial charge in [0.25, 0.3) is 11.1 Å². The Morgan fingerprint density at radius 2 is 1.88 bits per heavy atom. The highest BCUT2D eigenvalue weighted by molar-refractivity contribution is 8.18. The molecule has 2 aromatic heterocycles. The number of anilines is 1. The molecule has 5 rings (SSSR count). The lowest BCUT2D eigenvalue weighted by molar-refractivity contribution is -0.115. The van der Waals surface area contributed by atoms with E-state index in [1.807, 2.05) is 18.5 Å². The summed E-state index contributed by atoms with van der Waals surface area (Å²) < 4.78 is 0. The first-order valence-electron chi connectivity index (χ1n) is 11.0. The van der Waals surface area contributed by atoms with Gasteiger partial charge in [0.2, 0.25) is 5.95 Å². The number of amides is 2. The maximum atomic E-state index is 11.7. The summed E-state index contributed by atoms with van der Waals surface area (Å²) >= 11 is 0.884. The molecule has 0 bridgehead atoms. The monoisotopic (exact) mass is 460 g/mol. The minimum Gasteiger partial charge on any atom is -0.351 e. The van der Waals surface area contributed by atoms with E-state index in [4.69, 9.17) is 0 Å². The van der Waals surface area contributed by atoms with Crippen LogP contribution in [0.15, 0.2) is 53.8 Å². The van der Waals surface area contributed by atoms with Crippen LogP contribution in [-0.2, 0) is 11.3 Å². The van der Waals surface area contributed by atoms with E-state index in [1.165, 1.54) is 16.3 Å². The van der Waals surface area contributed by atoms with Gasteiger partial charge in [0.05, 0.1) is 10.6 Å². The lowest BCUT2D eigenvalue weighted by atomic mass is 9.91. The Kier molecular flexibility index (Phi) is 6.32. The molecule has 1 saturated heterocycles. The Bertz CT molecular complexity index is 1220. The van der Waals surface area contributed by atoms with E-state index in [0.29, 0.717) is 28.6 Å². The third-order valence-electron chi connectivity index (χ3n) is 5.99. The van der Waals surface area contributed by atoms with Crippen molar-refractivity contribution in [2.24, 2.45) is 0 Å². The number of carbonyl (C=O) groups is 2. The number of aromatic nitrogens is 3. The molecule has 3 heterocycles. The molecule has 3 aromatic rings. The summed E-state index contributed by atoms with van der Waals surface area (Å²) in [6.45, 7) is 0.811. The second kappa shape index (κ2) is 9.68. The topological polar surface area (TPSA) is 109 Å². The van der Waals surface area contributed by atoms with Crippen LogP contribution in [0.4, 0.5) is 10.7 Å². The number of fused-ring (bicyclic) bond motifs is 1. The fourth-order valence-corrected chi connectivity index (χ4v) is 4.94. The van der Waals surface area contributed by atoms with Crippen LogP contribution >= 0.6 is 11.8 Å². The average Bonchev–Trinajstić information content (AvgIpc) is 3.15. The number of thioether (sulfide) groups is 1. The molecule has 1 saturated carbocycles. The van der Waals surface area contributed by atoms with Crippen LogP contribution in [0.3, 0.4) is 0 Å². The van der Waals surface area contributed by atoms with Crippen LogP contribution in [0, 0.1) is 0 Å². The van der Waals surface area contributed by atoms with Gasteiger partial charge in [-0.15, -0.1) is 0 Å². The number of pyridine rings is 1. The maximum Gasteiger partial charge on any atom is 0.290 e. The summed E-state index contributed by atoms with van der Waals surface area (Å²) in [6, 6.07) is 10.8. The fraction of sp³-hybridized carbons (Fsp3) is 0.292. The van der Waals surface area contributed by atoms with E-state index in [0.717, 1.165) is 44.0 Å². The Hall–Kier alpha value is -3.30. The predicted octanol–water partition coefficient (Wildman–Crippen LogP) is 3.86. The highest BCUT2D eigenvalue weighted by Gasteiger charge is 2.25. The van der Waals surface area contributed by atoms with Crippen molar-refractivity contribution in [3.05, 3.63) is 65.1 Å². The molecule has 0 radical (unpaired) electrons. The van der Waals surface area contributed by atoms with E-state index in [2.05, 4.69) is 49.1 Å². The molecule has 2 fully saturated rings. The zero-order valence-electron chi connectivity index (χ0n) is 18.0. The number of hydrogen-bond donors (Lipinski definition) is 3. The van der Waals surface area contributed by atoms with Crippen molar-refractivity contribution in [1.29, 1.82) is 0 Å². The zero-order valence-corrected chi connectivity index (χ0v) is 18.8. The molecule has 1 aliphatic heterocycles. The van der Waals surface area contributed by atoms with Crippen molar-refractivity contribution in [1.82, 2.24) is 25.6 Å². The molecular weight excluding hydrogens is 436 g/mol. The standard InChI is InChI=1S/C24H24N6O2S/c31-22-21(33-24(32)30-22)11-19-9-10-26-23(29-19)28-18-7-5-17(6-8-18)27-14-16-13-25-12-15-3-1-2-4-20(15)16/h1-4,9-13,17-18,27H,5-8,14H2,(H,26,28,29)(H,30,31,32)/b21-11+. The molecular formula is C24H24N6O2S. The van der Waals surface area contributed by atoms with Crippen LogP contribution in [0.1, 0.15) is 36.9 Å². The first kappa shape index (κ1) is 21.5. The van der Waals surface area contributed by atoms with Crippen molar-refractivity contribution in [3.8, 4) is 0 Å². The molecule has 0 atom stereocenters. The third-order valence-corrected chi connectivity index (χ3v) is 6.80. The van der Waals surface area contributed by atoms with Crippen molar-refractivity contribution in [3.63, 3.8) is 0 Å². The molecule has 0 unspecified atom stereocenters. The van der Waals surface area contributed by atoms with Crippen molar-refractivity contribution in [2.75, 3.05) is 5.32 Å². The molecule has 0 spiro atoms. The minimum absolute atomic E-state index is 0.302. The van der Waals surface area contributed by atoms with Crippen molar-refractivity contribution in [2.45, 2.75) is 44.3 Å². The van der Waals surface area contributed by atoms with Gasteiger partial charge in [-0.1, -0.05) is 24.3 Å². The van der Waals surface area contributed by atoms with Gasteiger partial charge in [-0.25, -0.2) is 9.97 Å². The Morgan fingerprint density at radius 1 is 1.06 bits per heavy atom. The second-order valence-corrected chi connectivity index (χ2v) is 9.27. The SMILES string of the molecule is O=C1NC(=O)/C(=C\c2ccnc(NC3CCC(NCc4cncc5ccccc45)CC3)n2)S1. The number of imide groups is 1. The molecule has 2 amide bonds. The molecule has 1 aromatic carbocycles. The molecule has 168 valence electrons. The summed E-state index contributed by atoms with van der Waals surface area (Å²) in [4.78, 5) is 36.6. The number of nitrogens with zero attached hydrogens (tertiary/aromatic N) is 3. The number of hydrogen-bond acceptors (Lipinski definition) is 8. The number of rotatable bonds is 6. The summed E-state index contributed by atoms with van der Waals surface area (Å²) in [5.41, 5.74) is 1.82. The summed E-state index contributed by atoms with van der Waals surface area (Å²) in [7, 11) is 0. The average molecular weight is 461 g/mol. The summed E-state index contributed by atoms with van der Waals surface area (Å²) in [5.74, 6) is 0.153. The predicted molar refractivity (Wildman–Crippen MR) is 129 cm³/mol. The van der Waals surface area contributed by atoms with E-state index in [-0.39, 0.29) is 11.1 Å². The minimum atomic E-state index is -0.386. The van der Waals surface area contributed by atoms with Gasteiger partial charge >= 0.3 is 0 Å². The highest BCUT2D eigenvalue weighted by atomic mass is 32.2. The van der Waals surface area contributed by atoms with Crippen LogP contribution in [-0.4, -0.2) is 38.2 Å². The maximum absolute atomic E-state index is 11.7. The van der Waals surface area contributed by atoms with Crippen LogP contribution in [0.2, 0.25) is 0 Å². The van der Waals surface area contributed by atoms with Gasteiger partial charge in [-0.3, -0.25) is 19.9 Å². The molecule has 8 nitrogen and oxygen atoms in total. The third kappa shape index (κ3) is 5.20. The molecule has 3 N–H and O–H groups in total. The molecule has 33 heavy (non-hydrogen) atoms.